The van der Waals surface area contributed by atoms with Gasteiger partial charge in [-0.1, -0.05) is 103 Å². The molecule has 3 N–H and O–H groups in total. The Kier molecular flexibility index (Phi) is 36.8. The lowest BCUT2D eigenvalue weighted by Crippen LogP contribution is -2.49. The van der Waals surface area contributed by atoms with Crippen LogP contribution in [0.2, 0.25) is 56.5 Å². The fraction of sp³-hybridized carbons (Fsp3) is 0.456. The normalized spacial score (nSPS) is 13.6. The summed E-state index contributed by atoms with van der Waals surface area (Å²) in [6, 6.07) is 20.4. The van der Waals surface area contributed by atoms with Crippen molar-refractivity contribution in [3.05, 3.63) is 214 Å². The number of halogens is 8. The Balaban J connectivity index is 0.000000197. The van der Waals surface area contributed by atoms with Crippen LogP contribution in [0.1, 0.15) is 168 Å². The minimum absolute atomic E-state index is 0. The van der Waals surface area contributed by atoms with E-state index in [-0.39, 0.29) is 66.3 Å². The maximum absolute atomic E-state index is 14.1. The van der Waals surface area contributed by atoms with Crippen molar-refractivity contribution in [3.63, 3.8) is 0 Å². The quantitative estimate of drug-likeness (QED) is 0.0318. The van der Waals surface area contributed by atoms with Gasteiger partial charge in [0, 0.05) is 80.2 Å². The topological polar surface area (TPSA) is 350 Å². The van der Waals surface area contributed by atoms with Crippen LogP contribution in [0.25, 0.3) is 67.9 Å². The first-order valence-corrected chi connectivity index (χ1v) is 54.3. The van der Waals surface area contributed by atoms with Gasteiger partial charge in [-0.3, -0.25) is 15.0 Å². The van der Waals surface area contributed by atoms with Crippen molar-refractivity contribution in [2.75, 3.05) is 70.4 Å². The number of carbonyl (C=O) groups excluding carboxylic acids is 2. The van der Waals surface area contributed by atoms with Crippen LogP contribution in [0.3, 0.4) is 0 Å². The summed E-state index contributed by atoms with van der Waals surface area (Å²) < 4.78 is 99.9. The minimum atomic E-state index is -2.26. The van der Waals surface area contributed by atoms with Gasteiger partial charge >= 0.3 is 12.2 Å². The van der Waals surface area contributed by atoms with E-state index in [1.807, 2.05) is 115 Å². The molecule has 9 aromatic heterocycles. The highest BCUT2D eigenvalue weighted by molar-refractivity contribution is 6.74. The van der Waals surface area contributed by atoms with Crippen molar-refractivity contribution in [3.8, 4) is 85.2 Å². The van der Waals surface area contributed by atoms with Crippen LogP contribution < -0.4 is 34.6 Å². The van der Waals surface area contributed by atoms with Gasteiger partial charge in [-0.2, -0.15) is 0 Å². The second-order valence-corrected chi connectivity index (χ2v) is 52.1. The van der Waals surface area contributed by atoms with E-state index >= 15 is 0 Å². The molecule has 774 valence electrons. The molecule has 0 unspecified atom stereocenters. The zero-order chi connectivity index (χ0) is 105. The van der Waals surface area contributed by atoms with Crippen molar-refractivity contribution in [2.24, 2.45) is 0 Å². The third kappa shape index (κ3) is 28.2. The van der Waals surface area contributed by atoms with Crippen LogP contribution in [0, 0.1) is 79.8 Å². The Labute approximate surface area is 868 Å². The van der Waals surface area contributed by atoms with Gasteiger partial charge in [0.1, 0.15) is 106 Å². The van der Waals surface area contributed by atoms with Gasteiger partial charge in [0.2, 0.25) is 0 Å². The van der Waals surface area contributed by atoms with Crippen LogP contribution in [0.5, 0.6) is 17.2 Å². The molecular weight excluding hydrogens is 1990 g/mol. The molecule has 3 aromatic carbocycles. The van der Waals surface area contributed by atoms with Crippen LogP contribution in [-0.4, -0.2) is 194 Å². The zero-order valence-electron chi connectivity index (χ0n) is 86.9. The van der Waals surface area contributed by atoms with E-state index in [0.29, 0.717) is 180 Å². The van der Waals surface area contributed by atoms with Gasteiger partial charge in [-0.25, -0.2) is 52.7 Å². The Hall–Kier alpha value is -11.0. The van der Waals surface area contributed by atoms with E-state index in [1.165, 1.54) is 46.6 Å². The van der Waals surface area contributed by atoms with Crippen LogP contribution in [0.15, 0.2) is 105 Å². The van der Waals surface area contributed by atoms with Crippen molar-refractivity contribution in [2.45, 2.75) is 250 Å². The summed E-state index contributed by atoms with van der Waals surface area (Å²) in [4.78, 5) is 74.6. The lowest BCUT2D eigenvalue weighted by Gasteiger charge is -2.40. The minimum Gasteiger partial charge on any atom is -0.491 e. The largest absolute Gasteiger partial charge is 0.491 e. The number of hydrogen-bond donors (Lipinski definition) is 3. The first-order chi connectivity index (χ1) is 66.9. The predicted molar refractivity (Wildman–Crippen MR) is 560 cm³/mol. The Morgan fingerprint density at radius 3 is 1.16 bits per heavy atom. The molecule has 0 radical (unpaired) electrons. The Bertz CT molecular complexity index is 6550. The summed E-state index contributed by atoms with van der Waals surface area (Å²) in [7, 11) is 0.689. The molecular formula is C103H130Cl5F3N18O13Si2. The number of amides is 2. The summed E-state index contributed by atoms with van der Waals surface area (Å²) in [5.41, 5.74) is 14.4. The number of rotatable bonds is 27. The second-order valence-electron chi connectivity index (χ2n) is 41.0. The van der Waals surface area contributed by atoms with E-state index in [9.17, 15) is 27.9 Å². The smallest absolute Gasteiger partial charge is 0.410 e. The summed E-state index contributed by atoms with van der Waals surface area (Å²) in [6.45, 7) is 54.4. The van der Waals surface area contributed by atoms with E-state index in [4.69, 9.17) is 117 Å². The molecule has 15 rings (SSSR count). The maximum atomic E-state index is 14.1. The molecule has 0 fully saturated rings. The van der Waals surface area contributed by atoms with Crippen LogP contribution >= 0.6 is 58.8 Å². The number of anilines is 2. The zero-order valence-corrected chi connectivity index (χ0v) is 92.8. The molecule has 0 bridgehead atoms. The average Bonchev–Trinajstić information content (AvgIpc) is 1.58. The van der Waals surface area contributed by atoms with Crippen molar-refractivity contribution in [1.82, 2.24) is 80.8 Å². The van der Waals surface area contributed by atoms with Gasteiger partial charge < -0.3 is 81.4 Å². The van der Waals surface area contributed by atoms with Gasteiger partial charge in [-0.15, -0.1) is 12.4 Å². The molecule has 31 nitrogen and oxygen atoms in total. The number of nitrogens with one attached hydrogen (secondary N) is 2. The Morgan fingerprint density at radius 1 is 0.479 bits per heavy atom. The van der Waals surface area contributed by atoms with Crippen LogP contribution in [-0.2, 0) is 57.6 Å². The van der Waals surface area contributed by atoms with Gasteiger partial charge in [0.15, 0.2) is 34.1 Å². The van der Waals surface area contributed by atoms with E-state index in [2.05, 4.69) is 119 Å². The maximum Gasteiger partial charge on any atom is 0.410 e. The first-order valence-electron chi connectivity index (χ1n) is 47.0. The van der Waals surface area contributed by atoms with Crippen molar-refractivity contribution >= 4 is 99.3 Å². The number of aryl methyl sites for hydroxylation is 6. The van der Waals surface area contributed by atoms with E-state index in [0.717, 1.165) is 74.7 Å². The molecule has 12 aromatic rings. The molecule has 0 spiro atoms. The molecule has 41 heteroatoms. The molecule has 2 amide bonds. The van der Waals surface area contributed by atoms with Gasteiger partial charge in [-0.05, 0) is 237 Å². The molecule has 3 atom stereocenters. The highest BCUT2D eigenvalue weighted by atomic mass is 35.5. The molecule has 0 aliphatic carbocycles. The lowest BCUT2D eigenvalue weighted by atomic mass is 10.0. The number of aromatic nitrogens is 12. The molecule has 12 heterocycles. The SMILES string of the molecule is CNC[C@@H](O)COc1ccc(Cl)c(-c2nc(-c3c(C)noc3C)c(C)c(N3Cc4cc(F)cnc4C3)n2)c1.Cc1noc(C)c1-c1nc(-c2cc(OC[C@@H](CN(C)C(=O)OC(C)(C)C)O[Si](C)(C)C(C)(C)C)ccc2Cl)nc(Cl)c1C.Cc1noc(C)c1-c1nc(-c2cc(OC[C@@H](CN(C)C(=O)OC(C)(C)C)O[Si](C)(C)C(C)(C)C)ccc2Cl)nc(N2Cc3cc(F)cnc3C2)c1C.Cl.Fc1cnc2c(c1)CNC2. The summed E-state index contributed by atoms with van der Waals surface area (Å²) in [5.74, 6) is 4.94. The fourth-order valence-electron chi connectivity index (χ4n) is 15.6. The van der Waals surface area contributed by atoms with Gasteiger partial charge in [0.25, 0.3) is 0 Å². The van der Waals surface area contributed by atoms with Crippen molar-refractivity contribution in [1.29, 1.82) is 0 Å². The highest BCUT2D eigenvalue weighted by Gasteiger charge is 2.43. The van der Waals surface area contributed by atoms with Gasteiger partial charge in [0.05, 0.1) is 140 Å². The molecule has 0 saturated heterocycles. The number of nitrogens with zero attached hydrogens (tertiary/aromatic N) is 16. The number of fused-ring (bicyclic) bond motifs is 3. The monoisotopic (exact) mass is 2110 g/mol. The summed E-state index contributed by atoms with van der Waals surface area (Å²) in [5, 5.41) is 29.9. The summed E-state index contributed by atoms with van der Waals surface area (Å²) >= 11 is 26.7. The number of pyridine rings is 3. The third-order valence-corrected chi connectivity index (χ3v) is 35.4. The average molecular weight is 2120 g/mol. The second kappa shape index (κ2) is 46.8. The number of hydrogen-bond acceptors (Lipinski definition) is 29. The Morgan fingerprint density at radius 2 is 0.819 bits per heavy atom. The number of carbonyl (C=O) groups is 2. The number of likely N-dealkylation sites (N-methyl/N-ethyl adjacent to an activating group) is 3. The number of benzene rings is 3. The molecule has 144 heavy (non-hydrogen) atoms. The third-order valence-electron chi connectivity index (χ3n) is 25.0. The predicted octanol–water partition coefficient (Wildman–Crippen LogP) is 23.4. The molecule has 3 aliphatic heterocycles. The van der Waals surface area contributed by atoms with Crippen LogP contribution in [0.4, 0.5) is 34.4 Å². The number of ether oxygens (including phenoxy) is 5. The van der Waals surface area contributed by atoms with E-state index in [1.54, 1.807) is 69.7 Å². The highest BCUT2D eigenvalue weighted by Crippen LogP contribution is 2.46. The lowest BCUT2D eigenvalue weighted by molar-refractivity contribution is 0.0166. The standard InChI is InChI=1S/C38H50ClFN6O5Si.C31H44Cl2N4O5Si.C27H28ClFN6O3.C7H7FN2.ClH/c1-22-33(32-23(2)44-50-24(32)3)42-34(43-35(22)46-18-25-15-26(40)17-41-31(25)20-46)29-16-27(13-14-30(29)39)48-21-28(51-52(11,12)38(7,8)9)19-45(10)36(47)49-37(4,5)6;1-18-26(25-19(2)36-41-20(25)3)34-28(35-27(18)33)23-15-21(13-14-24(23)32)39-17-22(42-43(11,12)31(7,8)9)16-37(10)29(38)40-30(4,5)6;1-14-25(24-15(2)34-38-16(24)3)32-26(21-8-20(5-6-22(21)28)37-13-19(36)10-30-4)33-27(14)35-11-17-7-18(29)9-31-23(17)12-35;8-6-1-5-2-9-4-7(5)10-3-6;/h13-17,28H,18-21H2,1-12H3;13-15,22H,16-17H2,1-12H3;5-9,19,30,36H,10-13H2,1-4H3;1,3,9H,2,4H2;1H/t28-;22-;19-;;/m111../s1. The van der Waals surface area contributed by atoms with E-state index < -0.39 is 58.3 Å². The summed E-state index contributed by atoms with van der Waals surface area (Å²) in [6.07, 6.45) is 1.35. The number of aliphatic hydroxyl groups is 1. The number of aliphatic hydroxyl groups excluding tert-OH is 1. The van der Waals surface area contributed by atoms with Crippen molar-refractivity contribution < 1.29 is 74.0 Å². The molecule has 3 aliphatic rings. The first kappa shape index (κ1) is 113. The fourth-order valence-corrected chi connectivity index (χ4v) is 19.0. The molecule has 0 saturated carbocycles.